The number of nitrogens with one attached hydrogen (secondary N) is 3. The number of amides is 2. The molecule has 10 heteroatoms. The van der Waals surface area contributed by atoms with Crippen LogP contribution in [0.3, 0.4) is 0 Å². The Labute approximate surface area is 194 Å². The van der Waals surface area contributed by atoms with Crippen LogP contribution in [0, 0.1) is 5.41 Å². The number of fused-ring (bicyclic) bond motifs is 1. The van der Waals surface area contributed by atoms with Gasteiger partial charge >= 0.3 is 6.03 Å². The van der Waals surface area contributed by atoms with Gasteiger partial charge in [-0.05, 0) is 17.7 Å². The lowest BCUT2D eigenvalue weighted by molar-refractivity contribution is 0.168. The van der Waals surface area contributed by atoms with Crippen molar-refractivity contribution in [3.63, 3.8) is 0 Å². The summed E-state index contributed by atoms with van der Waals surface area (Å²) in [4.78, 5) is 16.8. The minimum absolute atomic E-state index is 0. The van der Waals surface area contributed by atoms with Crippen LogP contribution in [0.25, 0.3) is 11.0 Å². The lowest BCUT2D eigenvalue weighted by atomic mass is 10.0. The Morgan fingerprint density at radius 3 is 2.76 bits per heavy atom. The van der Waals surface area contributed by atoms with Gasteiger partial charge in [-0.2, -0.15) is 0 Å². The van der Waals surface area contributed by atoms with Gasteiger partial charge in [0.2, 0.25) is 0 Å². The number of aryl methyl sites for hydroxylation is 1. The third-order valence-electron chi connectivity index (χ3n) is 5.19. The number of methoxy groups -OCH3 is 1. The summed E-state index contributed by atoms with van der Waals surface area (Å²) in [6.07, 6.45) is 1.48. The molecule has 10 nitrogen and oxygen atoms in total. The first-order valence-corrected chi connectivity index (χ1v) is 10.2. The number of benzene rings is 2. The lowest BCUT2D eigenvalue weighted by Gasteiger charge is -2.19. The Bertz CT molecular complexity index is 1320. The number of carbonyl (C=O) groups is 1. The second-order valence-corrected chi connectivity index (χ2v) is 7.47. The van der Waals surface area contributed by atoms with Crippen LogP contribution in [0.2, 0.25) is 0 Å². The summed E-state index contributed by atoms with van der Waals surface area (Å²) in [6, 6.07) is 15.7. The molecule has 0 aliphatic carbocycles. The number of nitrogens with two attached hydrogens (primary N) is 1. The number of nitrogen functional groups attached to an aromatic ring is 1. The van der Waals surface area contributed by atoms with Crippen LogP contribution in [0.15, 0.2) is 60.8 Å². The highest BCUT2D eigenvalue weighted by atomic mass is 16.5. The predicted molar refractivity (Wildman–Crippen MR) is 133 cm³/mol. The van der Waals surface area contributed by atoms with Crippen LogP contribution < -0.4 is 16.4 Å². The van der Waals surface area contributed by atoms with E-state index >= 15 is 0 Å². The quantitative estimate of drug-likeness (QED) is 0.317. The van der Waals surface area contributed by atoms with Crippen molar-refractivity contribution >= 4 is 34.3 Å². The molecule has 1 atom stereocenters. The number of aromatic nitrogens is 4. The summed E-state index contributed by atoms with van der Waals surface area (Å²) in [6.45, 7) is 0.319. The van der Waals surface area contributed by atoms with Gasteiger partial charge in [0, 0.05) is 47.5 Å². The molecule has 2 aromatic carbocycles. The molecule has 4 aromatic rings. The summed E-state index contributed by atoms with van der Waals surface area (Å²) in [7, 11) is 3.37. The smallest absolute Gasteiger partial charge is 0.320 e. The van der Waals surface area contributed by atoms with Gasteiger partial charge in [0.25, 0.3) is 0 Å². The first-order chi connectivity index (χ1) is 16.0. The number of hydrogen-bond donors (Lipinski definition) is 4. The first-order valence-electron chi connectivity index (χ1n) is 10.2. The average Bonchev–Trinajstić information content (AvgIpc) is 3.19. The zero-order valence-electron chi connectivity index (χ0n) is 18.2. The van der Waals surface area contributed by atoms with Gasteiger partial charge in [-0.1, -0.05) is 41.6 Å². The third kappa shape index (κ3) is 4.80. The molecule has 0 aliphatic heterocycles. The topological polar surface area (TPSA) is 144 Å². The fourth-order valence-corrected chi connectivity index (χ4v) is 3.47. The SMILES string of the molecule is COC[C@@H](NC(=O)Nc1cc(N)c(C(=N)c2ccc3nnn(C)c3c2)cn1)c1ccccc1.[HH].[HH].[HH]. The molecular weight excluding hydrogens is 420 g/mol. The summed E-state index contributed by atoms with van der Waals surface area (Å²) in [5, 5.41) is 22.2. The summed E-state index contributed by atoms with van der Waals surface area (Å²) < 4.78 is 6.88. The van der Waals surface area contributed by atoms with Gasteiger partial charge in [-0.25, -0.2) is 14.5 Å². The van der Waals surface area contributed by atoms with E-state index in [0.29, 0.717) is 23.4 Å². The standard InChI is InChI=1S/C23H24N8O2.3H2/c1-31-20-10-15(8-9-18(20)29-30-31)22(25)16-12-26-21(11-17(16)24)28-23(32)27-19(13-33-2)14-6-4-3-5-7-14;;;/h3-12,19,25H,13H2,1-2H3,(H4,24,26,27,28,32);3*1H/t19-;;;/m1.../s1. The van der Waals surface area contributed by atoms with E-state index in [-0.39, 0.29) is 21.9 Å². The zero-order chi connectivity index (χ0) is 23.4. The normalized spacial score (nSPS) is 11.8. The van der Waals surface area contributed by atoms with Crippen molar-refractivity contribution in [3.05, 3.63) is 77.5 Å². The van der Waals surface area contributed by atoms with E-state index in [1.165, 1.54) is 12.3 Å². The molecular formula is C23H30N8O2. The van der Waals surface area contributed by atoms with Gasteiger partial charge in [0.1, 0.15) is 11.3 Å². The second kappa shape index (κ2) is 9.45. The molecule has 0 bridgehead atoms. The van der Waals surface area contributed by atoms with E-state index in [0.717, 1.165) is 16.6 Å². The number of hydrogen-bond acceptors (Lipinski definition) is 7. The van der Waals surface area contributed by atoms with Crippen LogP contribution in [0.1, 0.15) is 27.0 Å². The molecule has 33 heavy (non-hydrogen) atoms. The van der Waals surface area contributed by atoms with Crippen molar-refractivity contribution in [3.8, 4) is 0 Å². The molecule has 0 spiro atoms. The van der Waals surface area contributed by atoms with Crippen LogP contribution in [0.5, 0.6) is 0 Å². The van der Waals surface area contributed by atoms with Gasteiger partial charge in [0.15, 0.2) is 0 Å². The number of carbonyl (C=O) groups excluding carboxylic acids is 1. The molecule has 5 N–H and O–H groups in total. The second-order valence-electron chi connectivity index (χ2n) is 7.47. The Kier molecular flexibility index (Phi) is 6.27. The molecule has 2 aromatic heterocycles. The highest BCUT2D eigenvalue weighted by molar-refractivity contribution is 6.14. The number of rotatable bonds is 7. The summed E-state index contributed by atoms with van der Waals surface area (Å²) >= 11 is 0. The van der Waals surface area contributed by atoms with Crippen molar-refractivity contribution in [1.29, 1.82) is 5.41 Å². The highest BCUT2D eigenvalue weighted by Gasteiger charge is 2.16. The molecule has 0 saturated carbocycles. The Balaban J connectivity index is 0.00000216. The monoisotopic (exact) mass is 450 g/mol. The molecule has 4 rings (SSSR count). The van der Waals surface area contributed by atoms with Crippen molar-refractivity contribution in [2.75, 3.05) is 24.8 Å². The van der Waals surface area contributed by atoms with Crippen molar-refractivity contribution < 1.29 is 13.8 Å². The molecule has 0 aliphatic rings. The maximum absolute atomic E-state index is 12.5. The molecule has 174 valence electrons. The number of pyridine rings is 1. The minimum Gasteiger partial charge on any atom is -0.398 e. The van der Waals surface area contributed by atoms with Crippen LogP contribution in [-0.2, 0) is 11.8 Å². The fourth-order valence-electron chi connectivity index (χ4n) is 3.47. The van der Waals surface area contributed by atoms with Crippen molar-refractivity contribution in [2.45, 2.75) is 6.04 Å². The molecule has 2 amide bonds. The Morgan fingerprint density at radius 2 is 2.03 bits per heavy atom. The van der Waals surface area contributed by atoms with Gasteiger partial charge < -0.3 is 15.8 Å². The number of anilines is 2. The lowest BCUT2D eigenvalue weighted by Crippen LogP contribution is -2.35. The Hall–Kier alpha value is -4.31. The van der Waals surface area contributed by atoms with Crippen LogP contribution in [0.4, 0.5) is 16.3 Å². The van der Waals surface area contributed by atoms with Crippen molar-refractivity contribution in [1.82, 2.24) is 25.3 Å². The zero-order valence-corrected chi connectivity index (χ0v) is 18.2. The number of ether oxygens (including phenoxy) is 1. The molecule has 0 fully saturated rings. The van der Waals surface area contributed by atoms with E-state index in [1.807, 2.05) is 36.4 Å². The Morgan fingerprint density at radius 1 is 1.24 bits per heavy atom. The van der Waals surface area contributed by atoms with E-state index in [1.54, 1.807) is 31.0 Å². The highest BCUT2D eigenvalue weighted by Crippen LogP contribution is 2.21. The van der Waals surface area contributed by atoms with E-state index < -0.39 is 6.03 Å². The molecule has 0 unspecified atom stereocenters. The number of urea groups is 1. The fraction of sp³-hybridized carbons (Fsp3) is 0.174. The van der Waals surface area contributed by atoms with Gasteiger partial charge in [-0.15, -0.1) is 5.10 Å². The summed E-state index contributed by atoms with van der Waals surface area (Å²) in [5.74, 6) is 0.275. The van der Waals surface area contributed by atoms with E-state index in [2.05, 4.69) is 25.9 Å². The maximum Gasteiger partial charge on any atom is 0.320 e. The van der Waals surface area contributed by atoms with E-state index in [4.69, 9.17) is 15.9 Å². The molecule has 0 radical (unpaired) electrons. The van der Waals surface area contributed by atoms with Crippen molar-refractivity contribution in [2.24, 2.45) is 7.05 Å². The maximum atomic E-state index is 12.5. The number of nitrogens with zero attached hydrogens (tertiary/aromatic N) is 4. The van der Waals surface area contributed by atoms with Gasteiger partial charge in [0.05, 0.1) is 23.9 Å². The van der Waals surface area contributed by atoms with Crippen LogP contribution in [-0.4, -0.2) is 45.4 Å². The molecule has 2 heterocycles. The predicted octanol–water partition coefficient (Wildman–Crippen LogP) is 3.61. The molecule has 0 saturated heterocycles. The average molecular weight is 451 g/mol. The third-order valence-corrected chi connectivity index (χ3v) is 5.19. The van der Waals surface area contributed by atoms with Gasteiger partial charge in [-0.3, -0.25) is 10.7 Å². The minimum atomic E-state index is -0.440. The first kappa shape index (κ1) is 21.9. The van der Waals surface area contributed by atoms with Crippen LogP contribution >= 0.6 is 0 Å². The summed E-state index contributed by atoms with van der Waals surface area (Å²) in [5.41, 5.74) is 10.3. The van der Waals surface area contributed by atoms with E-state index in [9.17, 15) is 4.79 Å². The largest absolute Gasteiger partial charge is 0.398 e.